The van der Waals surface area contributed by atoms with Crippen LogP contribution in [-0.2, 0) is 4.79 Å². The van der Waals surface area contributed by atoms with Crippen molar-refractivity contribution < 1.29 is 9.90 Å². The van der Waals surface area contributed by atoms with E-state index < -0.39 is 5.97 Å². The molecule has 0 fully saturated rings. The van der Waals surface area contributed by atoms with Crippen LogP contribution in [0.5, 0.6) is 0 Å². The minimum Gasteiger partial charge on any atom is -0.545 e. The number of hydrogen-bond acceptors (Lipinski definition) is 2. The van der Waals surface area contributed by atoms with Gasteiger partial charge in [-0.25, -0.2) is 0 Å². The molecule has 0 bridgehead atoms. The number of unbranched alkanes of at least 4 members (excludes halogenated alkanes) is 49. The van der Waals surface area contributed by atoms with Gasteiger partial charge in [-0.3, -0.25) is 0 Å². The standard InChI is InChI=1S/C57H112O2/c1-3-5-7-9-11-13-15-17-19-21-23-24-25-26-27-28-29-30-31-32-33-34-35-36-37-39-41-43-45-47-49-51-53-55-56(57(58)59)54-52-50-48-46-44-42-40-38-22-20-18-16-14-12-10-8-6-4-2/h55H,3-54H2,1-2H3,(H,58,59)/p-1/b56-55-. The van der Waals surface area contributed by atoms with E-state index in [0.717, 1.165) is 25.7 Å². The zero-order valence-electron chi connectivity index (χ0n) is 41.2. The molecule has 0 heterocycles. The van der Waals surface area contributed by atoms with Crippen LogP contribution in [-0.4, -0.2) is 5.97 Å². The average molecular weight is 829 g/mol. The lowest BCUT2D eigenvalue weighted by molar-refractivity contribution is -0.299. The van der Waals surface area contributed by atoms with Gasteiger partial charge in [-0.2, -0.15) is 0 Å². The van der Waals surface area contributed by atoms with E-state index in [1.165, 1.54) is 302 Å². The van der Waals surface area contributed by atoms with Crippen molar-refractivity contribution in [3.8, 4) is 0 Å². The molecular formula is C57H111O2-. The molecule has 2 nitrogen and oxygen atoms in total. The summed E-state index contributed by atoms with van der Waals surface area (Å²) in [4.78, 5) is 11.6. The van der Waals surface area contributed by atoms with Gasteiger partial charge in [0.2, 0.25) is 0 Å². The second kappa shape index (κ2) is 53.3. The number of allylic oxidation sites excluding steroid dienone is 1. The molecule has 0 aliphatic rings. The molecule has 0 saturated carbocycles. The van der Waals surface area contributed by atoms with Crippen LogP contribution in [0.4, 0.5) is 0 Å². The molecule has 352 valence electrons. The topological polar surface area (TPSA) is 40.1 Å². The molecule has 0 aromatic carbocycles. The highest BCUT2D eigenvalue weighted by Crippen LogP contribution is 2.19. The van der Waals surface area contributed by atoms with Crippen molar-refractivity contribution in [1.82, 2.24) is 0 Å². The van der Waals surface area contributed by atoms with Gasteiger partial charge in [0.05, 0.1) is 5.97 Å². The van der Waals surface area contributed by atoms with E-state index >= 15 is 0 Å². The first-order valence-corrected chi connectivity index (χ1v) is 28.1. The van der Waals surface area contributed by atoms with E-state index in [-0.39, 0.29) is 0 Å². The number of aliphatic carboxylic acids is 1. The predicted molar refractivity (Wildman–Crippen MR) is 265 cm³/mol. The van der Waals surface area contributed by atoms with Crippen molar-refractivity contribution in [3.05, 3.63) is 11.6 Å². The van der Waals surface area contributed by atoms with E-state index in [2.05, 4.69) is 13.8 Å². The van der Waals surface area contributed by atoms with Gasteiger partial charge in [0.25, 0.3) is 0 Å². The van der Waals surface area contributed by atoms with Crippen LogP contribution in [0.15, 0.2) is 11.6 Å². The molecule has 0 saturated heterocycles. The Bertz CT molecular complexity index is 800. The molecule has 59 heavy (non-hydrogen) atoms. The van der Waals surface area contributed by atoms with Gasteiger partial charge >= 0.3 is 0 Å². The summed E-state index contributed by atoms with van der Waals surface area (Å²) in [5.41, 5.74) is 0.558. The Morgan fingerprint density at radius 2 is 0.441 bits per heavy atom. The van der Waals surface area contributed by atoms with E-state index in [9.17, 15) is 9.90 Å². The van der Waals surface area contributed by atoms with Crippen molar-refractivity contribution >= 4 is 5.97 Å². The van der Waals surface area contributed by atoms with Gasteiger partial charge in [0.15, 0.2) is 0 Å². The number of rotatable bonds is 53. The molecule has 0 amide bonds. The van der Waals surface area contributed by atoms with Crippen LogP contribution in [0.3, 0.4) is 0 Å². The lowest BCUT2D eigenvalue weighted by Gasteiger charge is -2.09. The molecule has 0 atom stereocenters. The zero-order valence-corrected chi connectivity index (χ0v) is 41.2. The van der Waals surface area contributed by atoms with Crippen LogP contribution in [0, 0.1) is 0 Å². The lowest BCUT2D eigenvalue weighted by Crippen LogP contribution is -2.24. The van der Waals surface area contributed by atoms with Crippen LogP contribution in [0.2, 0.25) is 0 Å². The Morgan fingerprint density at radius 3 is 0.627 bits per heavy atom. The first-order chi connectivity index (χ1) is 29.2. The van der Waals surface area contributed by atoms with E-state index in [1.807, 2.05) is 6.08 Å². The van der Waals surface area contributed by atoms with Gasteiger partial charge in [-0.15, -0.1) is 0 Å². The highest BCUT2D eigenvalue weighted by molar-refractivity contribution is 5.84. The van der Waals surface area contributed by atoms with Gasteiger partial charge < -0.3 is 9.90 Å². The van der Waals surface area contributed by atoms with Gasteiger partial charge in [0, 0.05) is 0 Å². The van der Waals surface area contributed by atoms with Crippen LogP contribution >= 0.6 is 0 Å². The summed E-state index contributed by atoms with van der Waals surface area (Å²) < 4.78 is 0. The van der Waals surface area contributed by atoms with Crippen LogP contribution < -0.4 is 5.11 Å². The Balaban J connectivity index is 3.32. The molecule has 0 aliphatic heterocycles. The largest absolute Gasteiger partial charge is 0.545 e. The predicted octanol–water partition coefficient (Wildman–Crippen LogP) is 20.0. The number of hydrogen-bond donors (Lipinski definition) is 0. The summed E-state index contributed by atoms with van der Waals surface area (Å²) >= 11 is 0. The maximum Gasteiger partial charge on any atom is 0.0671 e. The second-order valence-corrected chi connectivity index (χ2v) is 19.5. The molecule has 0 unspecified atom stereocenters. The van der Waals surface area contributed by atoms with Crippen LogP contribution in [0.25, 0.3) is 0 Å². The molecule has 2 heteroatoms. The maximum absolute atomic E-state index is 11.6. The zero-order chi connectivity index (χ0) is 42.6. The van der Waals surface area contributed by atoms with E-state index in [0.29, 0.717) is 12.0 Å². The average Bonchev–Trinajstić information content (AvgIpc) is 3.24. The van der Waals surface area contributed by atoms with Crippen molar-refractivity contribution in [2.24, 2.45) is 0 Å². The molecule has 0 N–H and O–H groups in total. The normalized spacial score (nSPS) is 11.9. The summed E-state index contributed by atoms with van der Waals surface area (Å²) in [6, 6.07) is 0. The monoisotopic (exact) mass is 828 g/mol. The minimum absolute atomic E-state index is 0.558. The van der Waals surface area contributed by atoms with Crippen molar-refractivity contribution in [2.75, 3.05) is 0 Å². The van der Waals surface area contributed by atoms with Gasteiger partial charge in [-0.05, 0) is 31.3 Å². The third-order valence-electron chi connectivity index (χ3n) is 13.5. The fraction of sp³-hybridized carbons (Fsp3) is 0.947. The summed E-state index contributed by atoms with van der Waals surface area (Å²) in [6.07, 6.45) is 73.8. The number of carboxylic acid groups (broad SMARTS) is 1. The summed E-state index contributed by atoms with van der Waals surface area (Å²) in [7, 11) is 0. The van der Waals surface area contributed by atoms with Crippen molar-refractivity contribution in [2.45, 2.75) is 348 Å². The summed E-state index contributed by atoms with van der Waals surface area (Å²) in [5, 5.41) is 11.6. The van der Waals surface area contributed by atoms with Gasteiger partial charge in [-0.1, -0.05) is 328 Å². The highest BCUT2D eigenvalue weighted by Gasteiger charge is 2.01. The Morgan fingerprint density at radius 1 is 0.271 bits per heavy atom. The summed E-state index contributed by atoms with van der Waals surface area (Å²) in [6.45, 7) is 4.60. The molecule has 0 spiro atoms. The fourth-order valence-electron chi connectivity index (χ4n) is 9.30. The Kier molecular flexibility index (Phi) is 52.6. The molecule has 0 aliphatic carbocycles. The minimum atomic E-state index is -0.937. The molecule has 0 rings (SSSR count). The van der Waals surface area contributed by atoms with Crippen LogP contribution in [0.1, 0.15) is 348 Å². The maximum atomic E-state index is 11.6. The third kappa shape index (κ3) is 51.5. The second-order valence-electron chi connectivity index (χ2n) is 19.5. The first-order valence-electron chi connectivity index (χ1n) is 28.1. The Labute approximate surface area is 373 Å². The van der Waals surface area contributed by atoms with Crippen molar-refractivity contribution in [1.29, 1.82) is 0 Å². The Hall–Kier alpha value is -0.790. The van der Waals surface area contributed by atoms with E-state index in [1.54, 1.807) is 0 Å². The molecule has 0 aromatic heterocycles. The lowest BCUT2D eigenvalue weighted by atomic mass is 10.0. The number of carboxylic acids is 1. The highest BCUT2D eigenvalue weighted by atomic mass is 16.4. The summed E-state index contributed by atoms with van der Waals surface area (Å²) in [5.74, 6) is -0.937. The third-order valence-corrected chi connectivity index (χ3v) is 13.5. The molecule has 0 radical (unpaired) electrons. The van der Waals surface area contributed by atoms with Crippen molar-refractivity contribution in [3.63, 3.8) is 0 Å². The number of carbonyl (C=O) groups is 1. The smallest absolute Gasteiger partial charge is 0.0671 e. The molecular weight excluding hydrogens is 717 g/mol. The fourth-order valence-corrected chi connectivity index (χ4v) is 9.30. The first kappa shape index (κ1) is 58.2. The van der Waals surface area contributed by atoms with E-state index in [4.69, 9.17) is 0 Å². The SMILES string of the molecule is CCCCCCCCCCCCCCCCCCCCCCCCCCCCCCCCCC/C=C(/CCCCCCCCCCCCCCCCCCCC)C(=O)[O-]. The molecule has 0 aromatic rings. The number of carbonyl (C=O) groups excluding carboxylic acids is 1. The van der Waals surface area contributed by atoms with Gasteiger partial charge in [0.1, 0.15) is 0 Å². The quantitative estimate of drug-likeness (QED) is 0.0453.